The molecule has 0 N–H and O–H groups in total. The van der Waals surface area contributed by atoms with Crippen LogP contribution in [0.2, 0.25) is 0 Å². The molecule has 0 radical (unpaired) electrons. The Kier molecular flexibility index (Phi) is 16.4. The quantitative estimate of drug-likeness (QED) is 0.0803. The molecule has 0 saturated heterocycles. The standard InChI is InChI=1S/C73H81N4O.Pt/c1-49(2)37-53-39-58(73(12,13)14)44-64(54-40-56(71(6,7)8)43-57(41-54)72(9,10)11)61(53)27-20-21-36-75-48-76(66-33-30-52(42-68(66)75)51-24-16-15-17-25-51)59-26-22-23-50(38-59)47-78-60-31-32-63-62-28-18-19-29-65(62)77(67(63)46-60)69-45-55(34-35-74-69)70(3,4)5;/h15-19,22-26,28-35,39-45,48-49H,20-21,27,36-37,47H2,1-14H3;/q-3;. The predicted octanol–water partition coefficient (Wildman–Crippen LogP) is 19.2. The molecule has 0 unspecified atom stereocenters. The number of anilines is 3. The first-order valence-corrected chi connectivity index (χ1v) is 28.5. The van der Waals surface area contributed by atoms with Crippen molar-refractivity contribution in [1.82, 2.24) is 9.55 Å². The van der Waals surface area contributed by atoms with Crippen LogP contribution in [0.4, 0.5) is 17.1 Å². The summed E-state index contributed by atoms with van der Waals surface area (Å²) in [5.41, 5.74) is 20.0. The SMILES string of the molecule is CC(C)Cc1cc(C(C)(C)C)cc(-c2cc(C(C)(C)C)cc(C(C)(C)C)c2)c1CCCCN1[CH-]N(c2[c-]c(COc3[c-]c4c(cc3)c3ccccc3n4-c3cc(C(C)(C)C)ccn3)ccc2)c2ccc(-c3ccccc3)cc21.[Pt]. The molecule has 0 fully saturated rings. The average Bonchev–Trinajstić information content (AvgIpc) is 4.10. The molecular weight excluding hydrogens is 1140 g/mol. The number of nitrogens with zero attached hydrogens (tertiary/aromatic N) is 4. The van der Waals surface area contributed by atoms with Gasteiger partial charge in [-0.25, -0.2) is 4.98 Å². The van der Waals surface area contributed by atoms with E-state index in [1.165, 1.54) is 61.3 Å². The smallest absolute Gasteiger partial charge is 0.135 e. The Morgan fingerprint density at radius 3 is 1.95 bits per heavy atom. The minimum absolute atomic E-state index is 0. The average molecular weight is 1230 g/mol. The van der Waals surface area contributed by atoms with E-state index in [1.807, 2.05) is 12.3 Å². The Morgan fingerprint density at radius 2 is 1.25 bits per heavy atom. The first-order valence-electron chi connectivity index (χ1n) is 28.5. The van der Waals surface area contributed by atoms with E-state index in [0.29, 0.717) is 18.3 Å². The second kappa shape index (κ2) is 22.6. The van der Waals surface area contributed by atoms with Gasteiger partial charge in [0.15, 0.2) is 0 Å². The van der Waals surface area contributed by atoms with E-state index in [-0.39, 0.29) is 42.7 Å². The van der Waals surface area contributed by atoms with Crippen molar-refractivity contribution in [3.8, 4) is 33.8 Å². The molecule has 5 nitrogen and oxygen atoms in total. The summed E-state index contributed by atoms with van der Waals surface area (Å²) in [6.45, 7) is 36.2. The fraction of sp³-hybridized carbons (Fsp3) is 0.342. The zero-order valence-corrected chi connectivity index (χ0v) is 51.6. The summed E-state index contributed by atoms with van der Waals surface area (Å²) in [6, 6.07) is 61.0. The van der Waals surface area contributed by atoms with Gasteiger partial charge in [-0.3, -0.25) is 0 Å². The van der Waals surface area contributed by atoms with Gasteiger partial charge >= 0.3 is 0 Å². The van der Waals surface area contributed by atoms with Gasteiger partial charge < -0.3 is 19.1 Å². The molecule has 9 aromatic rings. The Morgan fingerprint density at radius 1 is 0.570 bits per heavy atom. The van der Waals surface area contributed by atoms with Crippen molar-refractivity contribution in [2.75, 3.05) is 16.3 Å². The van der Waals surface area contributed by atoms with Gasteiger partial charge in [0.2, 0.25) is 0 Å². The Bertz CT molecular complexity index is 3580. The molecule has 1 aliphatic heterocycles. The molecule has 412 valence electrons. The van der Waals surface area contributed by atoms with Gasteiger partial charge in [-0.2, -0.15) is 37.0 Å². The minimum Gasteiger partial charge on any atom is -0.517 e. The first-order chi connectivity index (χ1) is 37.0. The van der Waals surface area contributed by atoms with Gasteiger partial charge in [0, 0.05) is 49.9 Å². The van der Waals surface area contributed by atoms with Crippen molar-refractivity contribution >= 4 is 38.9 Å². The van der Waals surface area contributed by atoms with E-state index in [2.05, 4.69) is 270 Å². The number of pyridine rings is 1. The van der Waals surface area contributed by atoms with Crippen molar-refractivity contribution in [2.45, 2.75) is 151 Å². The van der Waals surface area contributed by atoms with Crippen LogP contribution in [0.1, 0.15) is 149 Å². The Labute approximate surface area is 487 Å². The van der Waals surface area contributed by atoms with Crippen LogP contribution in [0.25, 0.3) is 49.9 Å². The van der Waals surface area contributed by atoms with Gasteiger partial charge in [0.25, 0.3) is 0 Å². The largest absolute Gasteiger partial charge is 0.517 e. The number of aromatic nitrogens is 2. The molecule has 0 bridgehead atoms. The first kappa shape index (κ1) is 57.3. The normalized spacial score (nSPS) is 13.2. The van der Waals surface area contributed by atoms with Gasteiger partial charge in [-0.15, -0.1) is 28.8 Å². The number of hydrogen-bond donors (Lipinski definition) is 0. The zero-order chi connectivity index (χ0) is 55.3. The number of hydrogen-bond acceptors (Lipinski definition) is 4. The van der Waals surface area contributed by atoms with Crippen LogP contribution in [0.5, 0.6) is 5.75 Å². The second-order valence-corrected chi connectivity index (χ2v) is 26.5. The molecule has 1 aliphatic rings. The molecule has 6 heteroatoms. The van der Waals surface area contributed by atoms with Gasteiger partial charge in [0.1, 0.15) is 5.82 Å². The minimum atomic E-state index is -0.0161. The third-order valence-electron chi connectivity index (χ3n) is 15.7. The van der Waals surface area contributed by atoms with Crippen LogP contribution in [0.3, 0.4) is 0 Å². The maximum absolute atomic E-state index is 6.61. The van der Waals surface area contributed by atoms with Gasteiger partial charge in [-0.05, 0) is 151 Å². The monoisotopic (exact) mass is 1220 g/mol. The topological polar surface area (TPSA) is 33.5 Å². The summed E-state index contributed by atoms with van der Waals surface area (Å²) < 4.78 is 8.83. The molecule has 0 atom stereocenters. The van der Waals surface area contributed by atoms with Crippen LogP contribution in [-0.2, 0) is 62.2 Å². The van der Waals surface area contributed by atoms with E-state index in [0.717, 1.165) is 76.8 Å². The molecule has 3 heterocycles. The summed E-state index contributed by atoms with van der Waals surface area (Å²) in [6.07, 6.45) is 6.10. The Balaban J connectivity index is 0.00000757. The molecule has 7 aromatic carbocycles. The molecule has 2 aromatic heterocycles. The number of rotatable bonds is 14. The van der Waals surface area contributed by atoms with Gasteiger partial charge in [0.05, 0.1) is 6.61 Å². The summed E-state index contributed by atoms with van der Waals surface area (Å²) in [5.74, 6) is 2.09. The van der Waals surface area contributed by atoms with Gasteiger partial charge in [-0.1, -0.05) is 187 Å². The Hall–Kier alpha value is -6.42. The van der Waals surface area contributed by atoms with Crippen molar-refractivity contribution in [1.29, 1.82) is 0 Å². The summed E-state index contributed by atoms with van der Waals surface area (Å²) in [7, 11) is 0. The summed E-state index contributed by atoms with van der Waals surface area (Å²) in [5, 5.41) is 2.28. The zero-order valence-electron chi connectivity index (χ0n) is 49.3. The predicted molar refractivity (Wildman–Crippen MR) is 331 cm³/mol. The van der Waals surface area contributed by atoms with Crippen molar-refractivity contribution in [2.24, 2.45) is 5.92 Å². The molecule has 0 saturated carbocycles. The molecule has 0 amide bonds. The maximum Gasteiger partial charge on any atom is 0.135 e. The van der Waals surface area contributed by atoms with E-state index in [9.17, 15) is 0 Å². The number of para-hydroxylation sites is 1. The summed E-state index contributed by atoms with van der Waals surface area (Å²) >= 11 is 0. The molecule has 10 rings (SSSR count). The van der Waals surface area contributed by atoms with Crippen LogP contribution in [-0.4, -0.2) is 16.1 Å². The molecular formula is C73H81N4OPt-3. The van der Waals surface area contributed by atoms with Crippen molar-refractivity contribution < 1.29 is 25.8 Å². The van der Waals surface area contributed by atoms with E-state index in [4.69, 9.17) is 9.72 Å². The van der Waals surface area contributed by atoms with Crippen molar-refractivity contribution in [3.05, 3.63) is 210 Å². The maximum atomic E-state index is 6.61. The number of benzene rings is 7. The number of unbranched alkanes of at least 4 members (excludes halogenated alkanes) is 1. The van der Waals surface area contributed by atoms with Crippen LogP contribution in [0, 0.1) is 24.7 Å². The third-order valence-corrected chi connectivity index (χ3v) is 15.7. The number of ether oxygens (including phenoxy) is 1. The fourth-order valence-electron chi connectivity index (χ4n) is 11.1. The van der Waals surface area contributed by atoms with Crippen LogP contribution >= 0.6 is 0 Å². The van der Waals surface area contributed by atoms with Crippen LogP contribution in [0.15, 0.2) is 152 Å². The van der Waals surface area contributed by atoms with Crippen molar-refractivity contribution in [3.63, 3.8) is 0 Å². The molecule has 79 heavy (non-hydrogen) atoms. The van der Waals surface area contributed by atoms with Crippen LogP contribution < -0.4 is 14.5 Å². The third kappa shape index (κ3) is 12.5. The second-order valence-electron chi connectivity index (χ2n) is 26.5. The molecule has 0 spiro atoms. The van der Waals surface area contributed by atoms with E-state index >= 15 is 0 Å². The molecule has 0 aliphatic carbocycles. The van der Waals surface area contributed by atoms with E-state index < -0.39 is 0 Å². The number of fused-ring (bicyclic) bond motifs is 4. The van der Waals surface area contributed by atoms with E-state index in [1.54, 1.807) is 0 Å². The fourth-order valence-corrected chi connectivity index (χ4v) is 11.1. The summed E-state index contributed by atoms with van der Waals surface area (Å²) in [4.78, 5) is 9.65.